The van der Waals surface area contributed by atoms with Gasteiger partial charge in [0, 0.05) is 4.88 Å². The van der Waals surface area contributed by atoms with Crippen molar-refractivity contribution in [3.05, 3.63) is 39.8 Å². The molecule has 0 saturated heterocycles. The summed E-state index contributed by atoms with van der Waals surface area (Å²) in [6, 6.07) is 5.86. The lowest BCUT2D eigenvalue weighted by atomic mass is 9.96. The van der Waals surface area contributed by atoms with E-state index in [1.807, 2.05) is 25.1 Å². The number of methoxy groups -OCH3 is 2. The summed E-state index contributed by atoms with van der Waals surface area (Å²) >= 11 is 7.13. The van der Waals surface area contributed by atoms with Crippen LogP contribution in [0.25, 0.3) is 0 Å². The maximum Gasteiger partial charge on any atom is 0.341 e. The third-order valence-electron chi connectivity index (χ3n) is 4.89. The Hall–Kier alpha value is -2.12. The molecule has 1 aromatic carbocycles. The van der Waals surface area contributed by atoms with Crippen molar-refractivity contribution in [3.63, 3.8) is 0 Å². The molecule has 0 spiro atoms. The maximum absolute atomic E-state index is 12.5. The van der Waals surface area contributed by atoms with Gasteiger partial charge in [0.2, 0.25) is 0 Å². The molecule has 0 radical (unpaired) electrons. The zero-order valence-electron chi connectivity index (χ0n) is 16.5. The lowest BCUT2D eigenvalue weighted by Crippen LogP contribution is -2.20. The fourth-order valence-electron chi connectivity index (χ4n) is 3.50. The molecule has 0 atom stereocenters. The molecule has 150 valence electrons. The number of fused-ring (bicyclic) bond motifs is 1. The van der Waals surface area contributed by atoms with Gasteiger partial charge in [-0.2, -0.15) is 0 Å². The van der Waals surface area contributed by atoms with E-state index in [4.69, 9.17) is 21.7 Å². The van der Waals surface area contributed by atoms with Gasteiger partial charge in [0.1, 0.15) is 10.8 Å². The minimum atomic E-state index is -0.309. The van der Waals surface area contributed by atoms with Crippen LogP contribution in [0.15, 0.2) is 18.2 Å². The number of rotatable bonds is 4. The van der Waals surface area contributed by atoms with Crippen LogP contribution in [0.1, 0.15) is 52.0 Å². The van der Waals surface area contributed by atoms with Gasteiger partial charge in [-0.25, -0.2) is 4.79 Å². The summed E-state index contributed by atoms with van der Waals surface area (Å²) in [6.07, 6.45) is 6.58. The summed E-state index contributed by atoms with van der Waals surface area (Å²) < 4.78 is 10.5. The highest BCUT2D eigenvalue weighted by Gasteiger charge is 2.25. The van der Waals surface area contributed by atoms with E-state index >= 15 is 0 Å². The van der Waals surface area contributed by atoms with Gasteiger partial charge < -0.3 is 20.1 Å². The van der Waals surface area contributed by atoms with Gasteiger partial charge in [0.15, 0.2) is 5.11 Å². The number of aryl methyl sites for hydroxylation is 2. The topological polar surface area (TPSA) is 59.6 Å². The average Bonchev–Trinajstić information content (AvgIpc) is 2.97. The van der Waals surface area contributed by atoms with Gasteiger partial charge in [0.25, 0.3) is 0 Å². The predicted molar refractivity (Wildman–Crippen MR) is 119 cm³/mol. The fourth-order valence-corrected chi connectivity index (χ4v) is 5.06. The highest BCUT2D eigenvalue weighted by molar-refractivity contribution is 7.80. The summed E-state index contributed by atoms with van der Waals surface area (Å²) in [4.78, 5) is 13.8. The highest BCUT2D eigenvalue weighted by atomic mass is 32.1. The van der Waals surface area contributed by atoms with Crippen LogP contribution in [0.4, 0.5) is 10.7 Å². The molecule has 2 aromatic rings. The average molecular weight is 419 g/mol. The molecule has 1 heterocycles. The van der Waals surface area contributed by atoms with E-state index in [1.54, 1.807) is 18.4 Å². The Bertz CT molecular complexity index is 877. The summed E-state index contributed by atoms with van der Waals surface area (Å²) in [6.45, 7) is 2.01. The number of anilines is 2. The number of carbonyl (C=O) groups is 1. The van der Waals surface area contributed by atoms with Crippen molar-refractivity contribution in [1.82, 2.24) is 0 Å². The van der Waals surface area contributed by atoms with Crippen molar-refractivity contribution in [2.45, 2.75) is 45.4 Å². The van der Waals surface area contributed by atoms with Gasteiger partial charge in [-0.05, 0) is 68.1 Å². The first-order valence-electron chi connectivity index (χ1n) is 9.49. The molecule has 0 bridgehead atoms. The molecule has 0 aliphatic heterocycles. The number of hydrogen-bond donors (Lipinski definition) is 2. The predicted octanol–water partition coefficient (Wildman–Crippen LogP) is 5.32. The maximum atomic E-state index is 12.5. The SMILES string of the molecule is COC(=O)c1c(NC(=S)Nc2cc(C)ccc2OC)sc2c1CCCCCC2. The first-order valence-corrected chi connectivity index (χ1v) is 10.7. The Morgan fingerprint density at radius 1 is 1.11 bits per heavy atom. The van der Waals surface area contributed by atoms with Crippen LogP contribution in [0.3, 0.4) is 0 Å². The van der Waals surface area contributed by atoms with Crippen molar-refractivity contribution >= 4 is 45.3 Å². The second-order valence-electron chi connectivity index (χ2n) is 6.90. The Morgan fingerprint density at radius 3 is 2.57 bits per heavy atom. The molecule has 1 aromatic heterocycles. The van der Waals surface area contributed by atoms with Crippen LogP contribution in [-0.2, 0) is 17.6 Å². The van der Waals surface area contributed by atoms with Gasteiger partial charge in [-0.15, -0.1) is 11.3 Å². The zero-order chi connectivity index (χ0) is 20.1. The molecule has 5 nitrogen and oxygen atoms in total. The van der Waals surface area contributed by atoms with Crippen LogP contribution in [0.5, 0.6) is 5.75 Å². The number of carbonyl (C=O) groups excluding carboxylic acids is 1. The van der Waals surface area contributed by atoms with Gasteiger partial charge in [0.05, 0.1) is 25.5 Å². The van der Waals surface area contributed by atoms with Crippen LogP contribution >= 0.6 is 23.6 Å². The second kappa shape index (κ2) is 9.39. The molecule has 0 amide bonds. The summed E-state index contributed by atoms with van der Waals surface area (Å²) in [5, 5.41) is 7.59. The third-order valence-corrected chi connectivity index (χ3v) is 6.30. The molecule has 0 unspecified atom stereocenters. The number of thiophene rings is 1. The molecular formula is C21H26N2O3S2. The van der Waals surface area contributed by atoms with Crippen LogP contribution < -0.4 is 15.4 Å². The van der Waals surface area contributed by atoms with Gasteiger partial charge >= 0.3 is 5.97 Å². The zero-order valence-corrected chi connectivity index (χ0v) is 18.1. The molecule has 0 saturated carbocycles. The number of benzene rings is 1. The minimum absolute atomic E-state index is 0.309. The standard InChI is InChI=1S/C21H26N2O3S2/c1-13-10-11-16(25-2)15(12-13)22-21(27)23-19-18(20(24)26-3)14-8-6-4-5-7-9-17(14)28-19/h10-12H,4-9H2,1-3H3,(H2,22,23,27). The van der Waals surface area contributed by atoms with E-state index in [1.165, 1.54) is 24.8 Å². The molecule has 1 aliphatic rings. The summed E-state index contributed by atoms with van der Waals surface area (Å²) in [5.41, 5.74) is 3.63. The molecule has 3 rings (SSSR count). The van der Waals surface area contributed by atoms with Crippen molar-refractivity contribution < 1.29 is 14.3 Å². The number of esters is 1. The Labute approximate surface area is 175 Å². The number of ether oxygens (including phenoxy) is 2. The van der Waals surface area contributed by atoms with Crippen LogP contribution in [-0.4, -0.2) is 25.3 Å². The minimum Gasteiger partial charge on any atom is -0.495 e. The largest absolute Gasteiger partial charge is 0.495 e. The van der Waals surface area contributed by atoms with Crippen LogP contribution in [0, 0.1) is 6.92 Å². The van der Waals surface area contributed by atoms with E-state index in [0.29, 0.717) is 16.4 Å². The Balaban J connectivity index is 1.87. The second-order valence-corrected chi connectivity index (χ2v) is 8.41. The normalized spacial score (nSPS) is 13.7. The highest BCUT2D eigenvalue weighted by Crippen LogP contribution is 2.37. The Morgan fingerprint density at radius 2 is 1.86 bits per heavy atom. The van der Waals surface area contributed by atoms with E-state index in [9.17, 15) is 4.79 Å². The van der Waals surface area contributed by atoms with E-state index in [0.717, 1.165) is 47.5 Å². The molecule has 0 fully saturated rings. The van der Waals surface area contributed by atoms with Crippen molar-refractivity contribution in [2.24, 2.45) is 0 Å². The van der Waals surface area contributed by atoms with E-state index in [-0.39, 0.29) is 5.97 Å². The summed E-state index contributed by atoms with van der Waals surface area (Å²) in [7, 11) is 3.05. The smallest absolute Gasteiger partial charge is 0.341 e. The van der Waals surface area contributed by atoms with E-state index in [2.05, 4.69) is 10.6 Å². The van der Waals surface area contributed by atoms with Gasteiger partial charge in [-0.3, -0.25) is 0 Å². The third kappa shape index (κ3) is 4.64. The van der Waals surface area contributed by atoms with Crippen molar-refractivity contribution in [1.29, 1.82) is 0 Å². The number of nitrogens with one attached hydrogen (secondary N) is 2. The summed E-state index contributed by atoms with van der Waals surface area (Å²) in [5.74, 6) is 0.401. The number of hydrogen-bond acceptors (Lipinski definition) is 5. The first-order chi connectivity index (χ1) is 13.5. The van der Waals surface area contributed by atoms with Gasteiger partial charge in [-0.1, -0.05) is 18.9 Å². The Kier molecular flexibility index (Phi) is 6.91. The van der Waals surface area contributed by atoms with Crippen LogP contribution in [0.2, 0.25) is 0 Å². The molecule has 1 aliphatic carbocycles. The molecule has 7 heteroatoms. The monoisotopic (exact) mass is 418 g/mol. The quantitative estimate of drug-likeness (QED) is 0.518. The number of thiocarbonyl (C=S) groups is 1. The first kappa shape index (κ1) is 20.6. The fraction of sp³-hybridized carbons (Fsp3) is 0.429. The molecule has 2 N–H and O–H groups in total. The van der Waals surface area contributed by atoms with Crippen molar-refractivity contribution in [2.75, 3.05) is 24.9 Å². The lowest BCUT2D eigenvalue weighted by molar-refractivity contribution is 0.0601. The molecule has 28 heavy (non-hydrogen) atoms. The van der Waals surface area contributed by atoms with Crippen molar-refractivity contribution in [3.8, 4) is 5.75 Å². The van der Waals surface area contributed by atoms with E-state index < -0.39 is 0 Å². The molecular weight excluding hydrogens is 392 g/mol. The lowest BCUT2D eigenvalue weighted by Gasteiger charge is -2.14.